The van der Waals surface area contributed by atoms with Gasteiger partial charge in [-0.05, 0) is 90.3 Å². The van der Waals surface area contributed by atoms with Crippen molar-refractivity contribution in [2.45, 2.75) is 45.8 Å². The minimum Gasteiger partial charge on any atom is -0.492 e. The zero-order valence-corrected chi connectivity index (χ0v) is 24.3. The van der Waals surface area contributed by atoms with Gasteiger partial charge in [0.15, 0.2) is 6.23 Å². The highest BCUT2D eigenvalue weighted by Gasteiger charge is 2.20. The molecule has 0 saturated carbocycles. The van der Waals surface area contributed by atoms with Crippen molar-refractivity contribution in [2.75, 3.05) is 33.0 Å². The summed E-state index contributed by atoms with van der Waals surface area (Å²) in [6.45, 7) is 5.49. The Morgan fingerprint density at radius 3 is 2.62 bits per heavy atom. The van der Waals surface area contributed by atoms with Crippen LogP contribution in [0.15, 0.2) is 72.9 Å². The first-order valence-electron chi connectivity index (χ1n) is 14.7. The Kier molecular flexibility index (Phi) is 9.90. The number of aliphatic hydroxyl groups excluding tert-OH is 1. The van der Waals surface area contributed by atoms with Gasteiger partial charge in [0.2, 0.25) is 0 Å². The van der Waals surface area contributed by atoms with Crippen LogP contribution in [0, 0.1) is 6.92 Å². The lowest BCUT2D eigenvalue weighted by molar-refractivity contribution is -0.0366. The van der Waals surface area contributed by atoms with E-state index in [9.17, 15) is 4.79 Å². The van der Waals surface area contributed by atoms with Gasteiger partial charge >= 0.3 is 6.09 Å². The van der Waals surface area contributed by atoms with Gasteiger partial charge in [-0.15, -0.1) is 0 Å². The van der Waals surface area contributed by atoms with Crippen molar-refractivity contribution in [3.63, 3.8) is 0 Å². The van der Waals surface area contributed by atoms with Gasteiger partial charge in [-0.25, -0.2) is 9.48 Å². The van der Waals surface area contributed by atoms with E-state index in [4.69, 9.17) is 24.4 Å². The van der Waals surface area contributed by atoms with Crippen LogP contribution in [0.3, 0.4) is 0 Å². The first kappa shape index (κ1) is 29.4. The lowest BCUT2D eigenvalue weighted by Crippen LogP contribution is -2.29. The highest BCUT2D eigenvalue weighted by atomic mass is 16.6. The molecule has 8 heteroatoms. The summed E-state index contributed by atoms with van der Waals surface area (Å²) in [4.78, 5) is 11.5. The molecule has 4 aromatic rings. The van der Waals surface area contributed by atoms with Crippen LogP contribution in [-0.2, 0) is 9.47 Å². The maximum Gasteiger partial charge on any atom is 0.407 e. The Balaban J connectivity index is 1.45. The second kappa shape index (κ2) is 14.2. The number of nitrogens with one attached hydrogen (secondary N) is 1. The largest absolute Gasteiger partial charge is 0.492 e. The molecule has 5 rings (SSSR count). The smallest absolute Gasteiger partial charge is 0.407 e. The summed E-state index contributed by atoms with van der Waals surface area (Å²) in [5, 5.41) is 17.2. The fraction of sp³-hybridized carbons (Fsp3) is 0.353. The van der Waals surface area contributed by atoms with E-state index in [0.29, 0.717) is 18.9 Å². The number of carbonyl (C=O) groups is 1. The van der Waals surface area contributed by atoms with Crippen LogP contribution in [-0.4, -0.2) is 54.0 Å². The molecule has 2 N–H and O–H groups in total. The summed E-state index contributed by atoms with van der Waals surface area (Å²) in [6, 6.07) is 23.2. The van der Waals surface area contributed by atoms with Crippen molar-refractivity contribution >= 4 is 28.1 Å². The molecule has 1 atom stereocenters. The van der Waals surface area contributed by atoms with Crippen molar-refractivity contribution in [3.05, 3.63) is 95.2 Å². The molecule has 1 fully saturated rings. The van der Waals surface area contributed by atoms with E-state index in [1.807, 2.05) is 23.0 Å². The van der Waals surface area contributed by atoms with E-state index in [0.717, 1.165) is 54.3 Å². The molecule has 0 bridgehead atoms. The molecule has 0 aliphatic carbocycles. The Morgan fingerprint density at radius 1 is 1.07 bits per heavy atom. The molecule has 1 amide bonds. The molecule has 2 heterocycles. The number of nitrogens with zero attached hydrogens (tertiary/aromatic N) is 2. The van der Waals surface area contributed by atoms with Crippen LogP contribution in [0.4, 0.5) is 4.79 Å². The standard InChI is InChI=1S/C34H39N3O5/c1-3-29(30-9-5-4-8-24(30)2)33(25-11-14-28(15-12-25)40-20-17-35-34(39)42-21-18-38)26-13-16-31-27(22-26)23-36-37(31)32-10-6-7-19-41-32/h4-5,8-9,11-16,22-23,32,38H,3,6-7,10,17-21H2,1-2H3,(H,35,39)/b33-29+. The predicted molar refractivity (Wildman–Crippen MR) is 164 cm³/mol. The molecule has 8 nitrogen and oxygen atoms in total. The highest BCUT2D eigenvalue weighted by Crippen LogP contribution is 2.37. The van der Waals surface area contributed by atoms with Crippen molar-refractivity contribution in [3.8, 4) is 5.75 Å². The monoisotopic (exact) mass is 569 g/mol. The molecule has 3 aromatic carbocycles. The fourth-order valence-electron chi connectivity index (χ4n) is 5.51. The lowest BCUT2D eigenvalue weighted by Gasteiger charge is -2.23. The summed E-state index contributed by atoms with van der Waals surface area (Å²) in [7, 11) is 0. The molecule has 0 radical (unpaired) electrons. The Hall–Kier alpha value is -4.14. The van der Waals surface area contributed by atoms with Gasteiger partial charge < -0.3 is 24.6 Å². The maximum atomic E-state index is 11.5. The molecular weight excluding hydrogens is 530 g/mol. The number of hydrogen-bond donors (Lipinski definition) is 2. The highest BCUT2D eigenvalue weighted by molar-refractivity contribution is 6.01. The number of aryl methyl sites for hydroxylation is 1. The number of hydrogen-bond acceptors (Lipinski definition) is 6. The summed E-state index contributed by atoms with van der Waals surface area (Å²) >= 11 is 0. The second-order valence-corrected chi connectivity index (χ2v) is 10.4. The molecule has 1 aliphatic heterocycles. The number of fused-ring (bicyclic) bond motifs is 1. The first-order chi connectivity index (χ1) is 20.6. The van der Waals surface area contributed by atoms with Gasteiger partial charge in [-0.1, -0.05) is 49.4 Å². The van der Waals surface area contributed by atoms with Crippen molar-refractivity contribution in [1.82, 2.24) is 15.1 Å². The number of benzene rings is 3. The minimum atomic E-state index is -0.574. The molecule has 1 aliphatic rings. The average Bonchev–Trinajstić information content (AvgIpc) is 3.45. The van der Waals surface area contributed by atoms with Crippen LogP contribution in [0.2, 0.25) is 0 Å². The summed E-state index contributed by atoms with van der Waals surface area (Å²) in [5.74, 6) is 0.710. The number of ether oxygens (including phenoxy) is 3. The number of carbonyl (C=O) groups excluding carboxylic acids is 1. The Morgan fingerprint density at radius 2 is 1.88 bits per heavy atom. The molecule has 42 heavy (non-hydrogen) atoms. The van der Waals surface area contributed by atoms with Crippen molar-refractivity contribution in [2.24, 2.45) is 0 Å². The summed E-state index contributed by atoms with van der Waals surface area (Å²) in [6.07, 6.45) is 5.46. The Labute approximate surface area is 246 Å². The van der Waals surface area contributed by atoms with Gasteiger partial charge in [0, 0.05) is 12.0 Å². The van der Waals surface area contributed by atoms with Crippen LogP contribution >= 0.6 is 0 Å². The summed E-state index contributed by atoms with van der Waals surface area (Å²) < 4.78 is 18.7. The minimum absolute atomic E-state index is 0.00999. The van der Waals surface area contributed by atoms with E-state index in [1.165, 1.54) is 22.3 Å². The zero-order valence-electron chi connectivity index (χ0n) is 24.3. The molecular formula is C34H39N3O5. The number of allylic oxidation sites excluding steroid dienone is 1. The lowest BCUT2D eigenvalue weighted by atomic mass is 9.86. The number of rotatable bonds is 11. The third-order valence-corrected chi connectivity index (χ3v) is 7.55. The number of aromatic nitrogens is 2. The van der Waals surface area contributed by atoms with Gasteiger partial charge in [-0.2, -0.15) is 5.10 Å². The maximum absolute atomic E-state index is 11.5. The normalized spacial score (nSPS) is 15.7. The van der Waals surface area contributed by atoms with Crippen LogP contribution in [0.1, 0.15) is 61.1 Å². The number of amides is 1. The van der Waals surface area contributed by atoms with Gasteiger partial charge in [-0.3, -0.25) is 0 Å². The molecule has 220 valence electrons. The fourth-order valence-corrected chi connectivity index (χ4v) is 5.51. The SMILES string of the molecule is CC/C(=C(/c1ccc(OCCNC(=O)OCCO)cc1)c1ccc2c(cnn2C2CCCCO2)c1)c1ccccc1C. The van der Waals surface area contributed by atoms with E-state index >= 15 is 0 Å². The van der Waals surface area contributed by atoms with Crippen LogP contribution in [0.25, 0.3) is 22.0 Å². The third-order valence-electron chi connectivity index (χ3n) is 7.55. The van der Waals surface area contributed by atoms with E-state index in [-0.39, 0.29) is 19.4 Å². The first-order valence-corrected chi connectivity index (χ1v) is 14.7. The van der Waals surface area contributed by atoms with Gasteiger partial charge in [0.05, 0.1) is 24.9 Å². The molecule has 0 spiro atoms. The Bertz CT molecular complexity index is 1520. The molecule has 1 saturated heterocycles. The predicted octanol–water partition coefficient (Wildman–Crippen LogP) is 6.51. The van der Waals surface area contributed by atoms with Crippen LogP contribution < -0.4 is 10.1 Å². The van der Waals surface area contributed by atoms with Crippen LogP contribution in [0.5, 0.6) is 5.75 Å². The third kappa shape index (κ3) is 6.83. The number of aliphatic hydroxyl groups is 1. The van der Waals surface area contributed by atoms with Gasteiger partial charge in [0.25, 0.3) is 0 Å². The average molecular weight is 570 g/mol. The second-order valence-electron chi connectivity index (χ2n) is 10.4. The van der Waals surface area contributed by atoms with Gasteiger partial charge in [0.1, 0.15) is 19.0 Å². The van der Waals surface area contributed by atoms with E-state index in [1.54, 1.807) is 0 Å². The number of alkyl carbamates (subject to hydrolysis) is 1. The topological polar surface area (TPSA) is 94.8 Å². The summed E-state index contributed by atoms with van der Waals surface area (Å²) in [5.41, 5.74) is 8.23. The van der Waals surface area contributed by atoms with Crippen molar-refractivity contribution in [1.29, 1.82) is 0 Å². The van der Waals surface area contributed by atoms with E-state index in [2.05, 4.69) is 73.8 Å². The molecule has 1 aromatic heterocycles. The van der Waals surface area contributed by atoms with Crippen molar-refractivity contribution < 1.29 is 24.1 Å². The molecule has 1 unspecified atom stereocenters. The van der Waals surface area contributed by atoms with E-state index < -0.39 is 6.09 Å². The zero-order chi connectivity index (χ0) is 29.3. The quantitative estimate of drug-likeness (QED) is 0.158.